The molecule has 6 heteroatoms. The molecule has 2 aromatic rings. The van der Waals surface area contributed by atoms with E-state index in [1.54, 1.807) is 49.4 Å². The van der Waals surface area contributed by atoms with Crippen molar-refractivity contribution in [3.8, 4) is 0 Å². The molecule has 0 fully saturated rings. The number of amides is 1. The first kappa shape index (κ1) is 20.0. The molecular weight excluding hydrogens is 348 g/mol. The zero-order chi connectivity index (χ0) is 19.3. The van der Waals surface area contributed by atoms with E-state index in [9.17, 15) is 13.2 Å². The van der Waals surface area contributed by atoms with E-state index in [-0.39, 0.29) is 16.8 Å². The van der Waals surface area contributed by atoms with Crippen LogP contribution >= 0.6 is 0 Å². The average molecular weight is 375 g/mol. The maximum absolute atomic E-state index is 12.6. The highest BCUT2D eigenvalue weighted by molar-refractivity contribution is 7.92. The van der Waals surface area contributed by atoms with Crippen LogP contribution in [-0.2, 0) is 10.0 Å². The lowest BCUT2D eigenvalue weighted by molar-refractivity contribution is 0.0938. The molecule has 0 aliphatic heterocycles. The zero-order valence-corrected chi connectivity index (χ0v) is 16.5. The standard InChI is InChI=1S/C20H26N2O3S/c1-5-6-16(4)21-20(23)17-10-9-15(3)19(13-17)22-26(24,25)18-11-7-14(2)8-12-18/h7-13,16,22H,5-6H2,1-4H3,(H,21,23)/t16-/m1/s1. The predicted molar refractivity (Wildman–Crippen MR) is 105 cm³/mol. The molecule has 0 bridgehead atoms. The third-order valence-corrected chi connectivity index (χ3v) is 5.56. The third kappa shape index (κ3) is 5.08. The van der Waals surface area contributed by atoms with E-state index in [0.717, 1.165) is 24.0 Å². The number of carbonyl (C=O) groups is 1. The van der Waals surface area contributed by atoms with Gasteiger partial charge in [-0.1, -0.05) is 37.1 Å². The van der Waals surface area contributed by atoms with E-state index in [4.69, 9.17) is 0 Å². The van der Waals surface area contributed by atoms with Gasteiger partial charge in [-0.25, -0.2) is 8.42 Å². The summed E-state index contributed by atoms with van der Waals surface area (Å²) in [6.07, 6.45) is 1.88. The van der Waals surface area contributed by atoms with Crippen LogP contribution in [0.15, 0.2) is 47.4 Å². The zero-order valence-electron chi connectivity index (χ0n) is 15.7. The van der Waals surface area contributed by atoms with Gasteiger partial charge in [0.25, 0.3) is 15.9 Å². The second kappa shape index (κ2) is 8.36. The van der Waals surface area contributed by atoms with Crippen LogP contribution in [-0.4, -0.2) is 20.4 Å². The maximum Gasteiger partial charge on any atom is 0.261 e. The van der Waals surface area contributed by atoms with Crippen molar-refractivity contribution in [1.29, 1.82) is 0 Å². The van der Waals surface area contributed by atoms with Gasteiger partial charge in [0.05, 0.1) is 10.6 Å². The second-order valence-electron chi connectivity index (χ2n) is 6.61. The van der Waals surface area contributed by atoms with E-state index in [1.807, 2.05) is 13.8 Å². The molecule has 2 rings (SSSR count). The fourth-order valence-electron chi connectivity index (χ4n) is 2.61. The van der Waals surface area contributed by atoms with E-state index >= 15 is 0 Å². The minimum absolute atomic E-state index is 0.0708. The average Bonchev–Trinajstić information content (AvgIpc) is 2.57. The van der Waals surface area contributed by atoms with Crippen LogP contribution in [0.5, 0.6) is 0 Å². The van der Waals surface area contributed by atoms with Crippen molar-refractivity contribution in [2.24, 2.45) is 0 Å². The molecule has 0 aliphatic rings. The predicted octanol–water partition coefficient (Wildman–Crippen LogP) is 4.02. The first-order valence-electron chi connectivity index (χ1n) is 8.74. The highest BCUT2D eigenvalue weighted by atomic mass is 32.2. The number of anilines is 1. The Morgan fingerprint density at radius 1 is 1.08 bits per heavy atom. The van der Waals surface area contributed by atoms with Crippen LogP contribution in [0.1, 0.15) is 48.2 Å². The largest absolute Gasteiger partial charge is 0.350 e. The number of sulfonamides is 1. The lowest BCUT2D eigenvalue weighted by Gasteiger charge is -2.15. The highest BCUT2D eigenvalue weighted by Gasteiger charge is 2.17. The van der Waals surface area contributed by atoms with Crippen LogP contribution in [0.25, 0.3) is 0 Å². The number of aryl methyl sites for hydroxylation is 2. The molecule has 0 unspecified atom stereocenters. The van der Waals surface area contributed by atoms with Gasteiger partial charge in [-0.05, 0) is 57.0 Å². The Kier molecular flexibility index (Phi) is 6.42. The number of rotatable bonds is 7. The van der Waals surface area contributed by atoms with Gasteiger partial charge < -0.3 is 5.32 Å². The number of benzene rings is 2. The van der Waals surface area contributed by atoms with Crippen molar-refractivity contribution in [3.63, 3.8) is 0 Å². The van der Waals surface area contributed by atoms with Crippen molar-refractivity contribution < 1.29 is 13.2 Å². The minimum Gasteiger partial charge on any atom is -0.350 e. The molecule has 26 heavy (non-hydrogen) atoms. The van der Waals surface area contributed by atoms with Crippen LogP contribution < -0.4 is 10.0 Å². The van der Waals surface area contributed by atoms with Crippen molar-refractivity contribution in [2.45, 2.75) is 51.5 Å². The molecule has 0 heterocycles. The Bertz CT molecular complexity index is 874. The quantitative estimate of drug-likeness (QED) is 0.768. The Hall–Kier alpha value is -2.34. The molecular formula is C20H26N2O3S. The summed E-state index contributed by atoms with van der Waals surface area (Å²) in [6, 6.07) is 11.7. The number of carbonyl (C=O) groups excluding carboxylic acids is 1. The van der Waals surface area contributed by atoms with Crippen molar-refractivity contribution in [1.82, 2.24) is 5.32 Å². The van der Waals surface area contributed by atoms with E-state index in [2.05, 4.69) is 17.0 Å². The molecule has 1 atom stereocenters. The summed E-state index contributed by atoms with van der Waals surface area (Å²) < 4.78 is 27.8. The van der Waals surface area contributed by atoms with Gasteiger partial charge in [0.1, 0.15) is 0 Å². The van der Waals surface area contributed by atoms with Gasteiger partial charge in [0.15, 0.2) is 0 Å². The number of nitrogens with one attached hydrogen (secondary N) is 2. The summed E-state index contributed by atoms with van der Waals surface area (Å²) >= 11 is 0. The van der Waals surface area contributed by atoms with Gasteiger partial charge in [-0.2, -0.15) is 0 Å². The summed E-state index contributed by atoms with van der Waals surface area (Å²) in [5, 5.41) is 2.93. The molecule has 140 valence electrons. The summed E-state index contributed by atoms with van der Waals surface area (Å²) in [5.74, 6) is -0.207. The molecule has 0 aliphatic carbocycles. The van der Waals surface area contributed by atoms with Crippen molar-refractivity contribution in [2.75, 3.05) is 4.72 Å². The molecule has 0 aromatic heterocycles. The molecule has 2 aromatic carbocycles. The van der Waals surface area contributed by atoms with Crippen LogP contribution in [0.4, 0.5) is 5.69 Å². The summed E-state index contributed by atoms with van der Waals surface area (Å²) in [7, 11) is -3.71. The van der Waals surface area contributed by atoms with Crippen molar-refractivity contribution in [3.05, 3.63) is 59.2 Å². The van der Waals surface area contributed by atoms with Gasteiger partial charge in [0.2, 0.25) is 0 Å². The summed E-state index contributed by atoms with van der Waals surface area (Å²) in [6.45, 7) is 7.72. The fraction of sp³-hybridized carbons (Fsp3) is 0.350. The molecule has 5 nitrogen and oxygen atoms in total. The van der Waals surface area contributed by atoms with E-state index in [1.165, 1.54) is 0 Å². The third-order valence-electron chi connectivity index (χ3n) is 4.17. The van der Waals surface area contributed by atoms with E-state index in [0.29, 0.717) is 11.3 Å². The normalized spacial score (nSPS) is 12.5. The molecule has 0 saturated carbocycles. The number of hydrogen-bond donors (Lipinski definition) is 2. The Morgan fingerprint density at radius 3 is 2.35 bits per heavy atom. The van der Waals surface area contributed by atoms with Gasteiger partial charge in [0, 0.05) is 11.6 Å². The summed E-state index contributed by atoms with van der Waals surface area (Å²) in [5.41, 5.74) is 2.57. The highest BCUT2D eigenvalue weighted by Crippen LogP contribution is 2.22. The Labute approximate surface area is 155 Å². The van der Waals surface area contributed by atoms with Crippen LogP contribution in [0.3, 0.4) is 0 Å². The van der Waals surface area contributed by atoms with Crippen LogP contribution in [0.2, 0.25) is 0 Å². The van der Waals surface area contributed by atoms with Gasteiger partial charge in [-0.15, -0.1) is 0 Å². The van der Waals surface area contributed by atoms with E-state index < -0.39 is 10.0 Å². The van der Waals surface area contributed by atoms with Crippen LogP contribution in [0, 0.1) is 13.8 Å². The first-order chi connectivity index (χ1) is 12.2. The SMILES string of the molecule is CCC[C@@H](C)NC(=O)c1ccc(C)c(NS(=O)(=O)c2ccc(C)cc2)c1. The summed E-state index contributed by atoms with van der Waals surface area (Å²) in [4.78, 5) is 12.6. The molecule has 1 amide bonds. The molecule has 2 N–H and O–H groups in total. The molecule has 0 saturated heterocycles. The van der Waals surface area contributed by atoms with Crippen molar-refractivity contribution >= 4 is 21.6 Å². The number of hydrogen-bond acceptors (Lipinski definition) is 3. The second-order valence-corrected chi connectivity index (χ2v) is 8.29. The van der Waals surface area contributed by atoms with Gasteiger partial charge in [-0.3, -0.25) is 9.52 Å². The monoisotopic (exact) mass is 374 g/mol. The minimum atomic E-state index is -3.71. The molecule has 0 radical (unpaired) electrons. The smallest absolute Gasteiger partial charge is 0.261 e. The lowest BCUT2D eigenvalue weighted by Crippen LogP contribution is -2.32. The first-order valence-corrected chi connectivity index (χ1v) is 10.2. The topological polar surface area (TPSA) is 75.3 Å². The fourth-order valence-corrected chi connectivity index (χ4v) is 3.73. The molecule has 0 spiro atoms. The Morgan fingerprint density at radius 2 is 1.73 bits per heavy atom. The Balaban J connectivity index is 2.24. The lowest BCUT2D eigenvalue weighted by atomic mass is 10.1. The van der Waals surface area contributed by atoms with Gasteiger partial charge >= 0.3 is 0 Å². The maximum atomic E-state index is 12.6.